The molecule has 6 nitrogen and oxygen atoms in total. The lowest BCUT2D eigenvalue weighted by Crippen LogP contribution is -2.31. The van der Waals surface area contributed by atoms with E-state index < -0.39 is 57.5 Å². The van der Waals surface area contributed by atoms with E-state index in [2.05, 4.69) is 10.3 Å². The van der Waals surface area contributed by atoms with E-state index in [1.165, 1.54) is 0 Å². The van der Waals surface area contributed by atoms with Crippen molar-refractivity contribution in [2.45, 2.75) is 19.9 Å². The molecule has 4 N–H and O–H groups in total. The summed E-state index contributed by atoms with van der Waals surface area (Å²) in [7, 11) is 0. The topological polar surface area (TPSA) is 105 Å². The third-order valence-electron chi connectivity index (χ3n) is 3.20. The first-order chi connectivity index (χ1) is 11.6. The molecule has 1 aromatic carbocycles. The fourth-order valence-corrected chi connectivity index (χ4v) is 2.13. The van der Waals surface area contributed by atoms with Gasteiger partial charge in [0.05, 0.1) is 16.8 Å². The van der Waals surface area contributed by atoms with Crippen LogP contribution in [-0.2, 0) is 0 Å². The van der Waals surface area contributed by atoms with Crippen molar-refractivity contribution < 1.29 is 27.9 Å². The Hall–Kier alpha value is -3.10. The number of pyridine rings is 1. The molecule has 0 bridgehead atoms. The molecule has 0 spiro atoms. The van der Waals surface area contributed by atoms with Crippen LogP contribution in [0.2, 0.25) is 0 Å². The second-order valence-electron chi connectivity index (χ2n) is 5.47. The van der Waals surface area contributed by atoms with Crippen molar-refractivity contribution >= 4 is 17.6 Å². The van der Waals surface area contributed by atoms with Gasteiger partial charge in [-0.15, -0.1) is 0 Å². The Morgan fingerprint density at radius 1 is 1.20 bits per heavy atom. The van der Waals surface area contributed by atoms with E-state index in [1.807, 2.05) is 0 Å². The van der Waals surface area contributed by atoms with E-state index >= 15 is 0 Å². The van der Waals surface area contributed by atoms with Gasteiger partial charge < -0.3 is 16.2 Å². The summed E-state index contributed by atoms with van der Waals surface area (Å²) in [4.78, 5) is 26.5. The van der Waals surface area contributed by atoms with Crippen LogP contribution in [0.4, 0.5) is 18.9 Å². The molecule has 1 heterocycles. The Bertz CT molecular complexity index is 869. The van der Waals surface area contributed by atoms with Crippen molar-refractivity contribution in [3.8, 4) is 11.3 Å². The number of carbonyl (C=O) groups excluding carboxylic acids is 1. The van der Waals surface area contributed by atoms with E-state index in [1.54, 1.807) is 13.8 Å². The number of nitrogens with one attached hydrogen (secondary N) is 1. The van der Waals surface area contributed by atoms with Gasteiger partial charge in [-0.1, -0.05) is 0 Å². The van der Waals surface area contributed by atoms with Gasteiger partial charge in [-0.25, -0.2) is 22.9 Å². The number of hydrogen-bond acceptors (Lipinski definition) is 4. The van der Waals surface area contributed by atoms with Crippen molar-refractivity contribution in [1.82, 2.24) is 10.3 Å². The summed E-state index contributed by atoms with van der Waals surface area (Å²) in [5.74, 6) is -6.20. The van der Waals surface area contributed by atoms with Crippen LogP contribution in [0.1, 0.15) is 34.7 Å². The molecule has 1 amide bonds. The Labute approximate surface area is 140 Å². The first-order valence-electron chi connectivity index (χ1n) is 7.12. The lowest BCUT2D eigenvalue weighted by Gasteiger charge is -2.13. The van der Waals surface area contributed by atoms with Gasteiger partial charge in [-0.3, -0.25) is 4.79 Å². The Kier molecular flexibility index (Phi) is 4.96. The monoisotopic (exact) mass is 353 g/mol. The van der Waals surface area contributed by atoms with Crippen LogP contribution in [0.5, 0.6) is 0 Å². The molecular weight excluding hydrogens is 339 g/mol. The zero-order valence-electron chi connectivity index (χ0n) is 13.2. The molecule has 0 aliphatic carbocycles. The maximum atomic E-state index is 14.6. The van der Waals surface area contributed by atoms with Gasteiger partial charge in [0.2, 0.25) is 0 Å². The molecule has 0 saturated heterocycles. The van der Waals surface area contributed by atoms with Gasteiger partial charge in [-0.2, -0.15) is 0 Å². The fourth-order valence-electron chi connectivity index (χ4n) is 2.13. The summed E-state index contributed by atoms with van der Waals surface area (Å²) >= 11 is 0. The Morgan fingerprint density at radius 3 is 2.40 bits per heavy atom. The summed E-state index contributed by atoms with van der Waals surface area (Å²) in [6.07, 6.45) is 0. The first-order valence-corrected chi connectivity index (χ1v) is 7.12. The highest BCUT2D eigenvalue weighted by Gasteiger charge is 2.25. The highest BCUT2D eigenvalue weighted by atomic mass is 19.1. The van der Waals surface area contributed by atoms with Crippen LogP contribution in [0.25, 0.3) is 11.3 Å². The second kappa shape index (κ2) is 6.80. The smallest absolute Gasteiger partial charge is 0.356 e. The number of nitrogen functional groups attached to an aromatic ring is 1. The highest BCUT2D eigenvalue weighted by Crippen LogP contribution is 2.30. The summed E-state index contributed by atoms with van der Waals surface area (Å²) in [5.41, 5.74) is 1.73. The molecule has 0 aliphatic heterocycles. The summed E-state index contributed by atoms with van der Waals surface area (Å²) in [5, 5.41) is 11.4. The van der Waals surface area contributed by atoms with Crippen molar-refractivity contribution in [3.63, 3.8) is 0 Å². The molecule has 2 aromatic rings. The molecule has 0 atom stereocenters. The van der Waals surface area contributed by atoms with Gasteiger partial charge in [0, 0.05) is 12.1 Å². The molecule has 25 heavy (non-hydrogen) atoms. The summed E-state index contributed by atoms with van der Waals surface area (Å²) in [6, 6.07) is 1.96. The van der Waals surface area contributed by atoms with Crippen LogP contribution in [0, 0.1) is 17.5 Å². The number of benzene rings is 1. The van der Waals surface area contributed by atoms with Gasteiger partial charge in [-0.05, 0) is 26.0 Å². The van der Waals surface area contributed by atoms with Crippen LogP contribution < -0.4 is 11.1 Å². The predicted molar refractivity (Wildman–Crippen MR) is 83.5 cm³/mol. The van der Waals surface area contributed by atoms with Gasteiger partial charge in [0.15, 0.2) is 11.5 Å². The van der Waals surface area contributed by atoms with Crippen LogP contribution in [0.15, 0.2) is 18.2 Å². The zero-order valence-corrected chi connectivity index (χ0v) is 13.2. The van der Waals surface area contributed by atoms with E-state index in [0.717, 1.165) is 12.1 Å². The van der Waals surface area contributed by atoms with Crippen LogP contribution in [-0.4, -0.2) is 28.0 Å². The van der Waals surface area contributed by atoms with E-state index in [4.69, 9.17) is 10.8 Å². The first kappa shape index (κ1) is 18.2. The molecule has 0 saturated carbocycles. The maximum Gasteiger partial charge on any atom is 0.356 e. The molecule has 2 rings (SSSR count). The van der Waals surface area contributed by atoms with Crippen molar-refractivity contribution in [2.75, 3.05) is 5.73 Å². The third kappa shape index (κ3) is 3.54. The average Bonchev–Trinajstić information content (AvgIpc) is 2.47. The number of nitrogens with zero attached hydrogens (tertiary/aromatic N) is 1. The number of halogens is 3. The molecular formula is C16H14F3N3O3. The number of hydrogen-bond donors (Lipinski definition) is 3. The average molecular weight is 353 g/mol. The predicted octanol–water partition coefficient (Wildman–Crippen LogP) is 2.58. The van der Waals surface area contributed by atoms with Crippen molar-refractivity contribution in [2.24, 2.45) is 0 Å². The molecule has 0 fully saturated rings. The molecule has 9 heteroatoms. The minimum absolute atomic E-state index is 0.314. The Morgan fingerprint density at radius 2 is 1.84 bits per heavy atom. The number of carboxylic acids is 1. The Balaban J connectivity index is 2.70. The number of rotatable bonds is 4. The van der Waals surface area contributed by atoms with Crippen molar-refractivity contribution in [3.05, 3.63) is 46.9 Å². The van der Waals surface area contributed by atoms with Gasteiger partial charge in [0.1, 0.15) is 17.3 Å². The van der Waals surface area contributed by atoms with Gasteiger partial charge in [0.25, 0.3) is 5.91 Å². The van der Waals surface area contributed by atoms with E-state index in [-0.39, 0.29) is 6.04 Å². The van der Waals surface area contributed by atoms with Gasteiger partial charge >= 0.3 is 5.97 Å². The third-order valence-corrected chi connectivity index (χ3v) is 3.20. The van der Waals surface area contributed by atoms with Crippen molar-refractivity contribution in [1.29, 1.82) is 0 Å². The highest BCUT2D eigenvalue weighted by molar-refractivity contribution is 5.96. The zero-order chi connectivity index (χ0) is 18.9. The largest absolute Gasteiger partial charge is 0.476 e. The number of carbonyl (C=O) groups is 2. The minimum atomic E-state index is -1.59. The minimum Gasteiger partial charge on any atom is -0.476 e. The number of anilines is 1. The molecule has 0 aliphatic rings. The lowest BCUT2D eigenvalue weighted by atomic mass is 10.0. The number of amides is 1. The number of aromatic carboxylic acids is 1. The summed E-state index contributed by atoms with van der Waals surface area (Å²) in [6.45, 7) is 3.28. The van der Waals surface area contributed by atoms with E-state index in [0.29, 0.717) is 6.07 Å². The fraction of sp³-hybridized carbons (Fsp3) is 0.188. The normalized spacial score (nSPS) is 10.8. The molecule has 132 valence electrons. The quantitative estimate of drug-likeness (QED) is 0.783. The second-order valence-corrected chi connectivity index (χ2v) is 5.47. The molecule has 0 unspecified atom stereocenters. The standard InChI is InChI=1S/C16H14F3N3O3/c1-6(2)21-15(23)7-3-4-8(17)11(12(7)19)13-9(18)5-10(20)14(22-13)16(24)25/h3-6H,20H2,1-2H3,(H,21,23)(H,24,25). The summed E-state index contributed by atoms with van der Waals surface area (Å²) < 4.78 is 42.9. The number of carboxylic acid groups (broad SMARTS) is 1. The number of aromatic nitrogens is 1. The molecule has 1 aromatic heterocycles. The maximum absolute atomic E-state index is 14.6. The SMILES string of the molecule is CC(C)NC(=O)c1ccc(F)c(-c2nc(C(=O)O)c(N)cc2F)c1F. The van der Waals surface area contributed by atoms with E-state index in [9.17, 15) is 22.8 Å². The number of nitrogens with two attached hydrogens (primary N) is 1. The molecule has 0 radical (unpaired) electrons. The lowest BCUT2D eigenvalue weighted by molar-refractivity contribution is 0.0691. The van der Waals surface area contributed by atoms with Crippen LogP contribution >= 0.6 is 0 Å². The van der Waals surface area contributed by atoms with Crippen LogP contribution in [0.3, 0.4) is 0 Å².